The molecule has 1 aromatic rings. The van der Waals surface area contributed by atoms with Gasteiger partial charge in [-0.25, -0.2) is 0 Å². The SMILES string of the molecule is SCCSc1ccc(SCCS)c(SCCS)c1. The van der Waals surface area contributed by atoms with Gasteiger partial charge in [-0.1, -0.05) is 0 Å². The molecule has 0 amide bonds. The Morgan fingerprint density at radius 3 is 1.89 bits per heavy atom. The van der Waals surface area contributed by atoms with E-state index < -0.39 is 0 Å². The summed E-state index contributed by atoms with van der Waals surface area (Å²) in [5, 5.41) is 0. The van der Waals surface area contributed by atoms with Gasteiger partial charge >= 0.3 is 0 Å². The first-order valence-corrected chi connectivity index (χ1v) is 10.5. The minimum Gasteiger partial charge on any atom is -0.178 e. The van der Waals surface area contributed by atoms with E-state index in [1.807, 2.05) is 35.3 Å². The number of benzene rings is 1. The molecule has 0 unspecified atom stereocenters. The summed E-state index contributed by atoms with van der Waals surface area (Å²) >= 11 is 18.4. The van der Waals surface area contributed by atoms with Crippen LogP contribution in [0.4, 0.5) is 0 Å². The summed E-state index contributed by atoms with van der Waals surface area (Å²) in [7, 11) is 0. The molecule has 0 N–H and O–H groups in total. The highest BCUT2D eigenvalue weighted by molar-refractivity contribution is 8.03. The molecule has 0 atom stereocenters. The number of thiol groups is 3. The van der Waals surface area contributed by atoms with Gasteiger partial charge in [0, 0.05) is 31.9 Å². The van der Waals surface area contributed by atoms with Crippen molar-refractivity contribution in [2.75, 3.05) is 34.5 Å². The van der Waals surface area contributed by atoms with Gasteiger partial charge in [0.1, 0.15) is 0 Å². The first-order chi connectivity index (χ1) is 8.81. The molecule has 0 radical (unpaired) electrons. The van der Waals surface area contributed by atoms with Crippen molar-refractivity contribution < 1.29 is 0 Å². The average molecular weight is 355 g/mol. The molecule has 1 rings (SSSR count). The van der Waals surface area contributed by atoms with Crippen LogP contribution in [0.25, 0.3) is 0 Å². The molecule has 6 heteroatoms. The van der Waals surface area contributed by atoms with Crippen LogP contribution >= 0.6 is 73.2 Å². The van der Waals surface area contributed by atoms with Crippen molar-refractivity contribution in [3.63, 3.8) is 0 Å². The minimum absolute atomic E-state index is 0.912. The monoisotopic (exact) mass is 354 g/mol. The lowest BCUT2D eigenvalue weighted by Gasteiger charge is -2.10. The summed E-state index contributed by atoms with van der Waals surface area (Å²) in [4.78, 5) is 4.08. The predicted octanol–water partition coefficient (Wildman–Crippen LogP) is 4.75. The van der Waals surface area contributed by atoms with Crippen LogP contribution in [0.15, 0.2) is 32.9 Å². The van der Waals surface area contributed by atoms with Crippen molar-refractivity contribution in [3.8, 4) is 0 Å². The second kappa shape index (κ2) is 11.0. The second-order valence-electron chi connectivity index (χ2n) is 3.32. The summed E-state index contributed by atoms with van der Waals surface area (Å²) in [5.41, 5.74) is 0. The van der Waals surface area contributed by atoms with Crippen LogP contribution in [0.2, 0.25) is 0 Å². The Kier molecular flexibility index (Phi) is 10.6. The maximum absolute atomic E-state index is 4.28. The maximum Gasteiger partial charge on any atom is 0.0219 e. The third-order valence-corrected chi connectivity index (χ3v) is 6.81. The summed E-state index contributed by atoms with van der Waals surface area (Å²) in [5.74, 6) is 5.91. The molecule has 0 saturated heterocycles. The van der Waals surface area contributed by atoms with Crippen LogP contribution in [-0.2, 0) is 0 Å². The Bertz CT molecular complexity index is 341. The topological polar surface area (TPSA) is 0 Å². The largest absolute Gasteiger partial charge is 0.178 e. The van der Waals surface area contributed by atoms with Crippen molar-refractivity contribution >= 4 is 73.2 Å². The third kappa shape index (κ3) is 6.66. The first kappa shape index (κ1) is 17.4. The molecule has 0 nitrogen and oxygen atoms in total. The van der Waals surface area contributed by atoms with Crippen LogP contribution in [0.3, 0.4) is 0 Å². The van der Waals surface area contributed by atoms with E-state index in [-0.39, 0.29) is 0 Å². The Hall–Kier alpha value is 1.32. The zero-order valence-electron chi connectivity index (χ0n) is 10.0. The Morgan fingerprint density at radius 1 is 0.722 bits per heavy atom. The average Bonchev–Trinajstić information content (AvgIpc) is 2.41. The Labute approximate surface area is 139 Å². The lowest BCUT2D eigenvalue weighted by molar-refractivity contribution is 1.18. The van der Waals surface area contributed by atoms with Gasteiger partial charge in [-0.05, 0) is 35.5 Å². The van der Waals surface area contributed by atoms with Gasteiger partial charge in [-0.15, -0.1) is 35.3 Å². The van der Waals surface area contributed by atoms with Crippen molar-refractivity contribution in [2.24, 2.45) is 0 Å². The van der Waals surface area contributed by atoms with Crippen LogP contribution in [-0.4, -0.2) is 34.5 Å². The molecule has 0 aliphatic carbocycles. The number of hydrogen-bond acceptors (Lipinski definition) is 6. The smallest absolute Gasteiger partial charge is 0.0219 e. The van der Waals surface area contributed by atoms with Crippen molar-refractivity contribution in [1.82, 2.24) is 0 Å². The van der Waals surface area contributed by atoms with Crippen LogP contribution in [0, 0.1) is 0 Å². The van der Waals surface area contributed by atoms with Crippen LogP contribution in [0.5, 0.6) is 0 Å². The highest BCUT2D eigenvalue weighted by Gasteiger charge is 2.05. The molecule has 1 aromatic carbocycles. The van der Waals surface area contributed by atoms with Crippen LogP contribution in [0.1, 0.15) is 0 Å². The van der Waals surface area contributed by atoms with Gasteiger partial charge in [0.05, 0.1) is 0 Å². The van der Waals surface area contributed by atoms with E-state index in [2.05, 4.69) is 56.1 Å². The Balaban J connectivity index is 2.74. The fraction of sp³-hybridized carbons (Fsp3) is 0.500. The number of hydrogen-bond donors (Lipinski definition) is 3. The highest BCUT2D eigenvalue weighted by Crippen LogP contribution is 2.34. The van der Waals surface area contributed by atoms with E-state index in [0.717, 1.165) is 34.5 Å². The standard InChI is InChI=1S/C12H18S6/c13-3-6-16-10-1-2-11(17-7-4-14)12(9-10)18-8-5-15/h1-2,9,13-15H,3-8H2. The fourth-order valence-corrected chi connectivity index (χ4v) is 4.64. The highest BCUT2D eigenvalue weighted by atomic mass is 32.2. The van der Waals surface area contributed by atoms with E-state index in [4.69, 9.17) is 0 Å². The quantitative estimate of drug-likeness (QED) is 0.433. The molecule has 102 valence electrons. The normalized spacial score (nSPS) is 10.8. The lowest BCUT2D eigenvalue weighted by Crippen LogP contribution is -1.88. The third-order valence-electron chi connectivity index (χ3n) is 1.97. The van der Waals surface area contributed by atoms with E-state index in [9.17, 15) is 0 Å². The molecule has 0 aliphatic heterocycles. The van der Waals surface area contributed by atoms with Crippen molar-refractivity contribution in [3.05, 3.63) is 18.2 Å². The molecule has 0 bridgehead atoms. The van der Waals surface area contributed by atoms with Gasteiger partial charge in [-0.3, -0.25) is 0 Å². The molecule has 0 aliphatic rings. The fourth-order valence-electron chi connectivity index (χ4n) is 1.28. The predicted molar refractivity (Wildman–Crippen MR) is 100 cm³/mol. The molecular weight excluding hydrogens is 337 g/mol. The van der Waals surface area contributed by atoms with Gasteiger partial charge in [0.25, 0.3) is 0 Å². The van der Waals surface area contributed by atoms with Gasteiger partial charge in [0.15, 0.2) is 0 Å². The summed E-state index contributed by atoms with van der Waals surface area (Å²) < 4.78 is 0. The molecule has 0 aromatic heterocycles. The van der Waals surface area contributed by atoms with E-state index in [0.29, 0.717) is 0 Å². The summed E-state index contributed by atoms with van der Waals surface area (Å²) in [6, 6.07) is 6.73. The number of rotatable bonds is 9. The Morgan fingerprint density at radius 2 is 1.28 bits per heavy atom. The van der Waals surface area contributed by atoms with Crippen molar-refractivity contribution in [1.29, 1.82) is 0 Å². The zero-order valence-corrected chi connectivity index (χ0v) is 15.2. The molecule has 0 spiro atoms. The molecule has 0 heterocycles. The van der Waals surface area contributed by atoms with Gasteiger partial charge in [-0.2, -0.15) is 37.9 Å². The molecule has 0 fully saturated rings. The first-order valence-electron chi connectivity index (χ1n) is 5.67. The van der Waals surface area contributed by atoms with E-state index >= 15 is 0 Å². The van der Waals surface area contributed by atoms with E-state index in [1.54, 1.807) is 0 Å². The summed E-state index contributed by atoms with van der Waals surface area (Å²) in [6.45, 7) is 0. The molecule has 0 saturated carbocycles. The zero-order chi connectivity index (χ0) is 13.2. The number of thioether (sulfide) groups is 3. The molecule has 18 heavy (non-hydrogen) atoms. The summed E-state index contributed by atoms with van der Waals surface area (Å²) in [6.07, 6.45) is 0. The van der Waals surface area contributed by atoms with E-state index in [1.165, 1.54) is 14.7 Å². The molecular formula is C12H18S6. The van der Waals surface area contributed by atoms with Crippen LogP contribution < -0.4 is 0 Å². The minimum atomic E-state index is 0.912. The van der Waals surface area contributed by atoms with Gasteiger partial charge in [0.2, 0.25) is 0 Å². The lowest BCUT2D eigenvalue weighted by atomic mass is 10.4. The van der Waals surface area contributed by atoms with Gasteiger partial charge < -0.3 is 0 Å². The maximum atomic E-state index is 4.28. The van der Waals surface area contributed by atoms with Crippen molar-refractivity contribution in [2.45, 2.75) is 14.7 Å². The second-order valence-corrected chi connectivity index (χ2v) is 8.11.